The highest BCUT2D eigenvalue weighted by Crippen LogP contribution is 2.28. The van der Waals surface area contributed by atoms with Crippen LogP contribution in [-0.4, -0.2) is 35.7 Å². The Labute approximate surface area is 143 Å². The zero-order chi connectivity index (χ0) is 17.1. The zero-order valence-corrected chi connectivity index (χ0v) is 14.3. The second kappa shape index (κ2) is 7.06. The van der Waals surface area contributed by atoms with Crippen molar-refractivity contribution in [3.8, 4) is 0 Å². The van der Waals surface area contributed by atoms with Gasteiger partial charge in [-0.1, -0.05) is 29.5 Å². The lowest BCUT2D eigenvalue weighted by Gasteiger charge is -2.18. The first-order valence-electron chi connectivity index (χ1n) is 7.56. The average molecular weight is 346 g/mol. The number of ether oxygens (including phenoxy) is 1. The SMILES string of the molecule is COCc1nnc(NC(=O)[C@H]2CC(=O)N(c3ccccc3C)C2)s1. The molecule has 3 rings (SSSR count). The van der Waals surface area contributed by atoms with Crippen molar-refractivity contribution in [2.45, 2.75) is 20.0 Å². The zero-order valence-electron chi connectivity index (χ0n) is 13.5. The molecule has 0 aliphatic carbocycles. The molecule has 7 nitrogen and oxygen atoms in total. The van der Waals surface area contributed by atoms with Gasteiger partial charge in [-0.3, -0.25) is 9.59 Å². The van der Waals surface area contributed by atoms with Crippen LogP contribution in [0.2, 0.25) is 0 Å². The maximum atomic E-state index is 12.4. The summed E-state index contributed by atoms with van der Waals surface area (Å²) in [6.07, 6.45) is 0.198. The van der Waals surface area contributed by atoms with Crippen LogP contribution in [0.5, 0.6) is 0 Å². The molecule has 1 N–H and O–H groups in total. The molecule has 126 valence electrons. The monoisotopic (exact) mass is 346 g/mol. The lowest BCUT2D eigenvalue weighted by atomic mass is 10.1. The molecule has 2 aromatic rings. The summed E-state index contributed by atoms with van der Waals surface area (Å²) in [5, 5.41) is 11.7. The number of aromatic nitrogens is 2. The van der Waals surface area contributed by atoms with E-state index >= 15 is 0 Å². The molecule has 1 saturated heterocycles. The Morgan fingerprint density at radius 2 is 2.21 bits per heavy atom. The summed E-state index contributed by atoms with van der Waals surface area (Å²) in [5.74, 6) is -0.645. The fourth-order valence-corrected chi connectivity index (χ4v) is 3.39. The second-order valence-corrected chi connectivity index (χ2v) is 6.68. The van der Waals surface area contributed by atoms with Crippen LogP contribution in [0.15, 0.2) is 24.3 Å². The third-order valence-corrected chi connectivity index (χ3v) is 4.68. The standard InChI is InChI=1S/C16H18N4O3S/c1-10-5-3-4-6-12(10)20-8-11(7-14(20)21)15(22)17-16-19-18-13(24-16)9-23-2/h3-6,11H,7-9H2,1-2H3,(H,17,19,22)/t11-/m0/s1. The Hall–Kier alpha value is -2.32. The van der Waals surface area contributed by atoms with Gasteiger partial charge >= 0.3 is 0 Å². The summed E-state index contributed by atoms with van der Waals surface area (Å²) < 4.78 is 4.98. The number of nitrogens with zero attached hydrogens (tertiary/aromatic N) is 3. The molecule has 1 aromatic carbocycles. The van der Waals surface area contributed by atoms with Crippen LogP contribution in [0.3, 0.4) is 0 Å². The van der Waals surface area contributed by atoms with Crippen molar-refractivity contribution in [1.29, 1.82) is 0 Å². The van der Waals surface area contributed by atoms with E-state index in [4.69, 9.17) is 4.74 Å². The van der Waals surface area contributed by atoms with Gasteiger partial charge in [-0.2, -0.15) is 0 Å². The summed E-state index contributed by atoms with van der Waals surface area (Å²) in [4.78, 5) is 26.4. The van der Waals surface area contributed by atoms with E-state index in [0.29, 0.717) is 23.3 Å². The van der Waals surface area contributed by atoms with Gasteiger partial charge in [0, 0.05) is 25.8 Å². The van der Waals surface area contributed by atoms with Gasteiger partial charge in [-0.15, -0.1) is 10.2 Å². The van der Waals surface area contributed by atoms with Crippen LogP contribution in [0, 0.1) is 12.8 Å². The number of aryl methyl sites for hydroxylation is 1. The van der Waals surface area contributed by atoms with E-state index in [1.165, 1.54) is 11.3 Å². The number of methoxy groups -OCH3 is 1. The highest BCUT2D eigenvalue weighted by molar-refractivity contribution is 7.15. The van der Waals surface area contributed by atoms with E-state index in [1.807, 2.05) is 31.2 Å². The van der Waals surface area contributed by atoms with Crippen molar-refractivity contribution in [3.05, 3.63) is 34.8 Å². The van der Waals surface area contributed by atoms with Crippen LogP contribution in [0.25, 0.3) is 0 Å². The number of carbonyl (C=O) groups is 2. The number of carbonyl (C=O) groups excluding carboxylic acids is 2. The largest absolute Gasteiger partial charge is 0.377 e. The normalized spacial score (nSPS) is 17.3. The summed E-state index contributed by atoms with van der Waals surface area (Å²) in [5.41, 5.74) is 1.87. The van der Waals surface area contributed by atoms with Crippen LogP contribution in [0.1, 0.15) is 17.0 Å². The summed E-state index contributed by atoms with van der Waals surface area (Å²) >= 11 is 1.27. The Morgan fingerprint density at radius 1 is 1.42 bits per heavy atom. The smallest absolute Gasteiger partial charge is 0.231 e. The minimum Gasteiger partial charge on any atom is -0.377 e. The Bertz CT molecular complexity index is 761. The molecule has 2 amide bonds. The van der Waals surface area contributed by atoms with Crippen molar-refractivity contribution in [3.63, 3.8) is 0 Å². The number of nitrogens with one attached hydrogen (secondary N) is 1. The quantitative estimate of drug-likeness (QED) is 0.895. The van der Waals surface area contributed by atoms with Crippen molar-refractivity contribution < 1.29 is 14.3 Å². The van der Waals surface area contributed by atoms with Gasteiger partial charge < -0.3 is 15.0 Å². The van der Waals surface area contributed by atoms with Crippen LogP contribution in [0.4, 0.5) is 10.8 Å². The molecule has 2 heterocycles. The highest BCUT2D eigenvalue weighted by Gasteiger charge is 2.35. The third kappa shape index (κ3) is 3.44. The third-order valence-electron chi connectivity index (χ3n) is 3.87. The predicted molar refractivity (Wildman–Crippen MR) is 90.9 cm³/mol. The van der Waals surface area contributed by atoms with Gasteiger partial charge in [0.2, 0.25) is 16.9 Å². The Balaban J connectivity index is 1.66. The summed E-state index contributed by atoms with van der Waals surface area (Å²) in [6.45, 7) is 2.68. The summed E-state index contributed by atoms with van der Waals surface area (Å²) in [6, 6.07) is 7.67. The van der Waals surface area contributed by atoms with Gasteiger partial charge in [-0.25, -0.2) is 0 Å². The van der Waals surface area contributed by atoms with Crippen LogP contribution in [-0.2, 0) is 20.9 Å². The molecule has 0 radical (unpaired) electrons. The number of anilines is 2. The molecular formula is C16H18N4O3S. The van der Waals surface area contributed by atoms with Gasteiger partial charge in [0.15, 0.2) is 0 Å². The molecule has 24 heavy (non-hydrogen) atoms. The van der Waals surface area contributed by atoms with Crippen LogP contribution >= 0.6 is 11.3 Å². The first-order valence-corrected chi connectivity index (χ1v) is 8.38. The van der Waals surface area contributed by atoms with Gasteiger partial charge in [0.05, 0.1) is 5.92 Å². The first-order chi connectivity index (χ1) is 11.6. The maximum Gasteiger partial charge on any atom is 0.231 e. The highest BCUT2D eigenvalue weighted by atomic mass is 32.1. The first kappa shape index (κ1) is 16.5. The van der Waals surface area contributed by atoms with E-state index in [1.54, 1.807) is 12.0 Å². The molecule has 1 fully saturated rings. The number of para-hydroxylation sites is 1. The van der Waals surface area contributed by atoms with Gasteiger partial charge in [-0.05, 0) is 18.6 Å². The molecule has 1 aromatic heterocycles. The van der Waals surface area contributed by atoms with E-state index in [0.717, 1.165) is 11.3 Å². The lowest BCUT2D eigenvalue weighted by Crippen LogP contribution is -2.28. The van der Waals surface area contributed by atoms with Gasteiger partial charge in [0.25, 0.3) is 0 Å². The van der Waals surface area contributed by atoms with Crippen LogP contribution < -0.4 is 10.2 Å². The molecule has 0 unspecified atom stereocenters. The second-order valence-electron chi connectivity index (χ2n) is 5.62. The summed E-state index contributed by atoms with van der Waals surface area (Å²) in [7, 11) is 1.57. The minimum atomic E-state index is -0.396. The molecule has 0 spiro atoms. The lowest BCUT2D eigenvalue weighted by molar-refractivity contribution is -0.122. The predicted octanol–water partition coefficient (Wildman–Crippen LogP) is 1.98. The fourth-order valence-electron chi connectivity index (χ4n) is 2.68. The van der Waals surface area contributed by atoms with E-state index in [9.17, 15) is 9.59 Å². The van der Waals surface area contributed by atoms with Crippen molar-refractivity contribution >= 4 is 34.0 Å². The average Bonchev–Trinajstić information content (AvgIpc) is 3.15. The molecule has 8 heteroatoms. The maximum absolute atomic E-state index is 12.4. The number of benzene rings is 1. The molecule has 1 atom stereocenters. The molecule has 1 aliphatic rings. The van der Waals surface area contributed by atoms with Crippen molar-refractivity contribution in [1.82, 2.24) is 10.2 Å². The van der Waals surface area contributed by atoms with Crippen molar-refractivity contribution in [2.24, 2.45) is 5.92 Å². The minimum absolute atomic E-state index is 0.0400. The number of amides is 2. The topological polar surface area (TPSA) is 84.4 Å². The number of rotatable bonds is 5. The molecule has 0 bridgehead atoms. The number of hydrogen-bond acceptors (Lipinski definition) is 6. The molecule has 1 aliphatic heterocycles. The van der Waals surface area contributed by atoms with Gasteiger partial charge in [0.1, 0.15) is 11.6 Å². The van der Waals surface area contributed by atoms with E-state index in [2.05, 4.69) is 15.5 Å². The van der Waals surface area contributed by atoms with E-state index < -0.39 is 5.92 Å². The fraction of sp³-hybridized carbons (Fsp3) is 0.375. The van der Waals surface area contributed by atoms with E-state index in [-0.39, 0.29) is 18.2 Å². The molecular weight excluding hydrogens is 328 g/mol. The Morgan fingerprint density at radius 3 is 2.96 bits per heavy atom. The Kier molecular flexibility index (Phi) is 4.86. The number of hydrogen-bond donors (Lipinski definition) is 1. The molecule has 0 saturated carbocycles. The van der Waals surface area contributed by atoms with Crippen molar-refractivity contribution in [2.75, 3.05) is 23.9 Å².